The Labute approximate surface area is 92.9 Å². The summed E-state index contributed by atoms with van der Waals surface area (Å²) >= 11 is 0. The molecule has 1 aliphatic rings. The van der Waals surface area contributed by atoms with Crippen LogP contribution in [-0.4, -0.2) is 12.6 Å². The average molecular weight is 203 g/mol. The minimum atomic E-state index is 0.713. The Balaban J connectivity index is 2.19. The van der Waals surface area contributed by atoms with Crippen molar-refractivity contribution < 1.29 is 0 Å². The van der Waals surface area contributed by atoms with Crippen molar-refractivity contribution in [3.8, 4) is 0 Å². The van der Waals surface area contributed by atoms with E-state index in [4.69, 9.17) is 0 Å². The number of hydrogen-bond donors (Lipinski definition) is 1. The fourth-order valence-electron chi connectivity index (χ4n) is 2.71. The fourth-order valence-corrected chi connectivity index (χ4v) is 2.71. The Morgan fingerprint density at radius 2 is 1.87 bits per heavy atom. The van der Waals surface area contributed by atoms with Crippen molar-refractivity contribution in [2.24, 2.45) is 0 Å². The Bertz CT molecular complexity index is 325. The van der Waals surface area contributed by atoms with Gasteiger partial charge in [0.2, 0.25) is 0 Å². The maximum absolute atomic E-state index is 3.57. The van der Waals surface area contributed by atoms with Gasteiger partial charge in [0.25, 0.3) is 0 Å². The molecule has 0 saturated carbocycles. The van der Waals surface area contributed by atoms with Crippen LogP contribution in [0.15, 0.2) is 12.1 Å². The van der Waals surface area contributed by atoms with Gasteiger partial charge in [-0.05, 0) is 63.3 Å². The van der Waals surface area contributed by atoms with E-state index < -0.39 is 0 Å². The Morgan fingerprint density at radius 3 is 2.40 bits per heavy atom. The second-order valence-electron chi connectivity index (χ2n) is 4.87. The third-order valence-corrected chi connectivity index (χ3v) is 3.45. The van der Waals surface area contributed by atoms with Gasteiger partial charge in [-0.25, -0.2) is 0 Å². The molecule has 82 valence electrons. The molecule has 0 bridgehead atoms. The van der Waals surface area contributed by atoms with Crippen LogP contribution in [0.2, 0.25) is 0 Å². The van der Waals surface area contributed by atoms with Crippen LogP contribution in [-0.2, 0) is 6.42 Å². The lowest BCUT2D eigenvalue weighted by atomic mass is 9.94. The molecule has 0 aliphatic carbocycles. The number of rotatable bonds is 2. The number of nitrogens with one attached hydrogen (secondary N) is 1. The van der Waals surface area contributed by atoms with E-state index in [1.165, 1.54) is 42.5 Å². The zero-order valence-corrected chi connectivity index (χ0v) is 10.1. The smallest absolute Gasteiger partial charge is 0.0108 e. The van der Waals surface area contributed by atoms with E-state index in [-0.39, 0.29) is 0 Å². The van der Waals surface area contributed by atoms with E-state index in [0.717, 1.165) is 0 Å². The molecule has 15 heavy (non-hydrogen) atoms. The summed E-state index contributed by atoms with van der Waals surface area (Å²) in [4.78, 5) is 0. The molecule has 1 nitrogen and oxygen atoms in total. The third kappa shape index (κ3) is 2.40. The SMILES string of the molecule is Cc1cc(C)c(CC2CCCN2)c(C)c1. The molecule has 1 saturated heterocycles. The first-order valence-electron chi connectivity index (χ1n) is 5.97. The second-order valence-corrected chi connectivity index (χ2v) is 4.87. The van der Waals surface area contributed by atoms with Crippen molar-refractivity contribution in [3.05, 3.63) is 34.4 Å². The van der Waals surface area contributed by atoms with Gasteiger partial charge in [-0.3, -0.25) is 0 Å². The van der Waals surface area contributed by atoms with Crippen molar-refractivity contribution >= 4 is 0 Å². The summed E-state index contributed by atoms with van der Waals surface area (Å²) in [6.07, 6.45) is 3.89. The zero-order chi connectivity index (χ0) is 10.8. The normalized spacial score (nSPS) is 20.9. The summed E-state index contributed by atoms with van der Waals surface area (Å²) in [5.74, 6) is 0. The minimum absolute atomic E-state index is 0.713. The van der Waals surface area contributed by atoms with Gasteiger partial charge in [0.05, 0.1) is 0 Å². The molecule has 1 unspecified atom stereocenters. The predicted octanol–water partition coefficient (Wildman–Crippen LogP) is 2.91. The van der Waals surface area contributed by atoms with Crippen LogP contribution in [0, 0.1) is 20.8 Å². The summed E-state index contributed by atoms with van der Waals surface area (Å²) in [5.41, 5.74) is 5.86. The third-order valence-electron chi connectivity index (χ3n) is 3.45. The quantitative estimate of drug-likeness (QED) is 0.779. The molecule has 0 amide bonds. The standard InChI is InChI=1S/C14H21N/c1-10-7-11(2)14(12(3)8-10)9-13-5-4-6-15-13/h7-8,13,15H,4-6,9H2,1-3H3. The first-order valence-corrected chi connectivity index (χ1v) is 5.97. The average Bonchev–Trinajstić information content (AvgIpc) is 2.63. The van der Waals surface area contributed by atoms with E-state index in [0.29, 0.717) is 6.04 Å². The molecule has 0 aromatic heterocycles. The molecule has 1 N–H and O–H groups in total. The second kappa shape index (κ2) is 4.36. The molecule has 1 heterocycles. The van der Waals surface area contributed by atoms with Gasteiger partial charge in [0.15, 0.2) is 0 Å². The van der Waals surface area contributed by atoms with E-state index in [9.17, 15) is 0 Å². The van der Waals surface area contributed by atoms with Crippen LogP contribution in [0.3, 0.4) is 0 Å². The van der Waals surface area contributed by atoms with Crippen LogP contribution < -0.4 is 5.32 Å². The molecule has 0 spiro atoms. The lowest BCUT2D eigenvalue weighted by Gasteiger charge is -2.15. The van der Waals surface area contributed by atoms with Gasteiger partial charge < -0.3 is 5.32 Å². The van der Waals surface area contributed by atoms with Crippen molar-refractivity contribution in [1.29, 1.82) is 0 Å². The van der Waals surface area contributed by atoms with Crippen molar-refractivity contribution in [3.63, 3.8) is 0 Å². The summed E-state index contributed by atoms with van der Waals surface area (Å²) < 4.78 is 0. The van der Waals surface area contributed by atoms with Gasteiger partial charge in [0, 0.05) is 6.04 Å². The first kappa shape index (κ1) is 10.7. The highest BCUT2D eigenvalue weighted by Crippen LogP contribution is 2.20. The molecule has 2 rings (SSSR count). The topological polar surface area (TPSA) is 12.0 Å². The van der Waals surface area contributed by atoms with Gasteiger partial charge >= 0.3 is 0 Å². The minimum Gasteiger partial charge on any atom is -0.314 e. The molecule has 1 atom stereocenters. The number of benzene rings is 1. The Morgan fingerprint density at radius 1 is 1.20 bits per heavy atom. The van der Waals surface area contributed by atoms with E-state index in [1.54, 1.807) is 5.56 Å². The highest BCUT2D eigenvalue weighted by Gasteiger charge is 2.16. The predicted molar refractivity (Wildman–Crippen MR) is 65.4 cm³/mol. The molecule has 1 aliphatic heterocycles. The summed E-state index contributed by atoms with van der Waals surface area (Å²) in [6, 6.07) is 5.32. The van der Waals surface area contributed by atoms with Crippen LogP contribution in [0.1, 0.15) is 35.1 Å². The van der Waals surface area contributed by atoms with Gasteiger partial charge in [-0.1, -0.05) is 17.7 Å². The van der Waals surface area contributed by atoms with Crippen molar-refractivity contribution in [2.45, 2.75) is 46.1 Å². The van der Waals surface area contributed by atoms with E-state index in [2.05, 4.69) is 38.2 Å². The van der Waals surface area contributed by atoms with Crippen LogP contribution >= 0.6 is 0 Å². The number of hydrogen-bond acceptors (Lipinski definition) is 1. The van der Waals surface area contributed by atoms with E-state index >= 15 is 0 Å². The highest BCUT2D eigenvalue weighted by molar-refractivity contribution is 5.38. The fraction of sp³-hybridized carbons (Fsp3) is 0.571. The molecule has 1 heteroatoms. The molecule has 1 aromatic rings. The van der Waals surface area contributed by atoms with E-state index in [1.807, 2.05) is 0 Å². The Kier molecular flexibility index (Phi) is 3.11. The first-order chi connectivity index (χ1) is 7.16. The zero-order valence-electron chi connectivity index (χ0n) is 10.1. The largest absolute Gasteiger partial charge is 0.314 e. The maximum Gasteiger partial charge on any atom is 0.0108 e. The maximum atomic E-state index is 3.57. The summed E-state index contributed by atoms with van der Waals surface area (Å²) in [6.45, 7) is 7.86. The number of aryl methyl sites for hydroxylation is 3. The molecular formula is C14H21N. The summed E-state index contributed by atoms with van der Waals surface area (Å²) in [7, 11) is 0. The van der Waals surface area contributed by atoms with Crippen LogP contribution in [0.5, 0.6) is 0 Å². The van der Waals surface area contributed by atoms with Crippen LogP contribution in [0.4, 0.5) is 0 Å². The van der Waals surface area contributed by atoms with Gasteiger partial charge in [-0.2, -0.15) is 0 Å². The Hall–Kier alpha value is -0.820. The lowest BCUT2D eigenvalue weighted by molar-refractivity contribution is 0.600. The molecule has 1 fully saturated rings. The molecule has 0 radical (unpaired) electrons. The molecule has 1 aromatic carbocycles. The van der Waals surface area contributed by atoms with Gasteiger partial charge in [-0.15, -0.1) is 0 Å². The van der Waals surface area contributed by atoms with Crippen LogP contribution in [0.25, 0.3) is 0 Å². The lowest BCUT2D eigenvalue weighted by Crippen LogP contribution is -2.24. The highest BCUT2D eigenvalue weighted by atomic mass is 14.9. The van der Waals surface area contributed by atoms with Crippen molar-refractivity contribution in [2.75, 3.05) is 6.54 Å². The summed E-state index contributed by atoms with van der Waals surface area (Å²) in [5, 5.41) is 3.57. The van der Waals surface area contributed by atoms with Crippen molar-refractivity contribution in [1.82, 2.24) is 5.32 Å². The molecular weight excluding hydrogens is 182 g/mol. The monoisotopic (exact) mass is 203 g/mol. The van der Waals surface area contributed by atoms with Gasteiger partial charge in [0.1, 0.15) is 0 Å².